The summed E-state index contributed by atoms with van der Waals surface area (Å²) < 4.78 is 27.2. The smallest absolute Gasteiger partial charge is 0.416 e. The summed E-state index contributed by atoms with van der Waals surface area (Å²) >= 11 is 10.1. The molecule has 1 aliphatic heterocycles. The fourth-order valence-electron chi connectivity index (χ4n) is 8.33. The molecule has 290 valence electrons. The highest BCUT2D eigenvalue weighted by atomic mass is 79.9. The number of pyridine rings is 1. The Morgan fingerprint density at radius 2 is 1.84 bits per heavy atom. The van der Waals surface area contributed by atoms with Crippen LogP contribution in [0.4, 0.5) is 10.6 Å². The maximum atomic E-state index is 13.8. The summed E-state index contributed by atoms with van der Waals surface area (Å²) in [5.41, 5.74) is 3.38. The number of benzene rings is 3. The molecular formula is C43H43BrClN5O6. The van der Waals surface area contributed by atoms with E-state index in [9.17, 15) is 9.90 Å². The quantitative estimate of drug-likeness (QED) is 0.127. The van der Waals surface area contributed by atoms with Crippen LogP contribution in [0.2, 0.25) is 5.15 Å². The van der Waals surface area contributed by atoms with E-state index in [1.54, 1.807) is 7.11 Å². The third-order valence-corrected chi connectivity index (χ3v) is 12.1. The first-order chi connectivity index (χ1) is 27.0. The minimum atomic E-state index is -0.843. The average molecular weight is 841 g/mol. The Balaban J connectivity index is 1.10. The van der Waals surface area contributed by atoms with E-state index in [0.717, 1.165) is 34.0 Å². The van der Waals surface area contributed by atoms with Crippen molar-refractivity contribution in [3.05, 3.63) is 124 Å². The summed E-state index contributed by atoms with van der Waals surface area (Å²) in [4.78, 5) is 29.1. The molecule has 3 aromatic heterocycles. The Labute approximate surface area is 338 Å². The molecule has 13 heteroatoms. The van der Waals surface area contributed by atoms with E-state index < -0.39 is 23.4 Å². The van der Waals surface area contributed by atoms with Crippen LogP contribution in [-0.2, 0) is 27.4 Å². The number of aliphatic hydroxyl groups is 1. The number of hydrogen-bond donors (Lipinski definition) is 1. The Bertz CT molecular complexity index is 2380. The van der Waals surface area contributed by atoms with E-state index in [2.05, 4.69) is 37.4 Å². The van der Waals surface area contributed by atoms with Crippen LogP contribution in [0, 0.1) is 5.41 Å². The van der Waals surface area contributed by atoms with Gasteiger partial charge in [0.2, 0.25) is 0 Å². The molecule has 3 aromatic carbocycles. The van der Waals surface area contributed by atoms with Gasteiger partial charge in [0.15, 0.2) is 11.6 Å². The van der Waals surface area contributed by atoms with Gasteiger partial charge in [0.25, 0.3) is 0 Å². The van der Waals surface area contributed by atoms with Gasteiger partial charge in [0, 0.05) is 17.0 Å². The molecule has 1 amide bonds. The Kier molecular flexibility index (Phi) is 10.5. The summed E-state index contributed by atoms with van der Waals surface area (Å²) in [7, 11) is 1.61. The number of ether oxygens (including phenoxy) is 4. The molecule has 0 radical (unpaired) electrons. The van der Waals surface area contributed by atoms with Gasteiger partial charge >= 0.3 is 6.09 Å². The Morgan fingerprint density at radius 1 is 1.05 bits per heavy atom. The highest BCUT2D eigenvalue weighted by Gasteiger charge is 2.61. The fraction of sp³-hybridized carbons (Fsp3) is 0.349. The number of nitrogens with zero attached hydrogens (tertiary/aromatic N) is 5. The summed E-state index contributed by atoms with van der Waals surface area (Å²) in [6.07, 6.45) is 3.42. The molecule has 1 aliphatic carbocycles. The van der Waals surface area contributed by atoms with E-state index in [4.69, 9.17) is 35.5 Å². The predicted molar refractivity (Wildman–Crippen MR) is 218 cm³/mol. The second kappa shape index (κ2) is 15.4. The van der Waals surface area contributed by atoms with Crippen LogP contribution in [0.1, 0.15) is 68.9 Å². The van der Waals surface area contributed by atoms with Gasteiger partial charge in [-0.25, -0.2) is 19.7 Å². The van der Waals surface area contributed by atoms with Crippen molar-refractivity contribution in [2.24, 2.45) is 5.41 Å². The molecule has 5 atom stereocenters. The molecule has 2 fully saturated rings. The SMILES string of the molecule is CC[C@]1(CC(O)c2ccc3cc(Br)c(N(Cc4ccc(OC)cc4)C(=O)OCc4ccccc4)nc3c2)C[C@@H](n2ccc3c(Cl)ncnc32)[C@@H]2OC(C)(C)O[C@@H]21. The molecular weight excluding hydrogens is 798 g/mol. The zero-order valence-electron chi connectivity index (χ0n) is 31.6. The first kappa shape index (κ1) is 38.3. The van der Waals surface area contributed by atoms with Gasteiger partial charge in [-0.1, -0.05) is 73.1 Å². The van der Waals surface area contributed by atoms with Crippen molar-refractivity contribution in [3.8, 4) is 5.75 Å². The van der Waals surface area contributed by atoms with Crippen molar-refractivity contribution in [2.75, 3.05) is 12.0 Å². The molecule has 4 heterocycles. The van der Waals surface area contributed by atoms with Gasteiger partial charge in [-0.2, -0.15) is 0 Å². The number of carbonyl (C=O) groups is 1. The van der Waals surface area contributed by atoms with Crippen molar-refractivity contribution < 1.29 is 28.8 Å². The Hall–Kier alpha value is -4.59. The largest absolute Gasteiger partial charge is 0.497 e. The molecule has 1 saturated heterocycles. The number of hydrogen-bond acceptors (Lipinski definition) is 9. The molecule has 11 nitrogen and oxygen atoms in total. The number of halogens is 2. The second-order valence-electron chi connectivity index (χ2n) is 15.1. The molecule has 0 spiro atoms. The van der Waals surface area contributed by atoms with Crippen LogP contribution in [-0.4, -0.2) is 55.8 Å². The standard InChI is InChI=1S/C43H43BrClN5O6/c1-5-43(21-34(36-37(43)56-42(2,3)55-36)49-18-17-31-38(45)46-25-47-39(31)49)22-35(51)29-14-13-28-19-32(44)40(48-33(28)20-29)50(23-26-11-15-30(53-4)16-12-26)41(52)54-24-27-9-7-6-8-10-27/h6-20,25,34-37,51H,5,21-24H2,1-4H3/t34-,35?,36+,37+,43-/m1/s1. The molecule has 6 aromatic rings. The summed E-state index contributed by atoms with van der Waals surface area (Å²) in [6, 6.07) is 26.6. The molecule has 1 saturated carbocycles. The lowest BCUT2D eigenvalue weighted by atomic mass is 9.75. The molecule has 8 rings (SSSR count). The van der Waals surface area contributed by atoms with Crippen molar-refractivity contribution in [1.29, 1.82) is 0 Å². The van der Waals surface area contributed by atoms with Gasteiger partial charge in [-0.05, 0) is 96.1 Å². The average Bonchev–Trinajstić information content (AvgIpc) is 3.86. The van der Waals surface area contributed by atoms with Crippen LogP contribution in [0.5, 0.6) is 5.75 Å². The minimum Gasteiger partial charge on any atom is -0.497 e. The maximum Gasteiger partial charge on any atom is 0.416 e. The normalized spacial score (nSPS) is 21.9. The monoisotopic (exact) mass is 839 g/mol. The van der Waals surface area contributed by atoms with Crippen LogP contribution < -0.4 is 9.64 Å². The van der Waals surface area contributed by atoms with Gasteiger partial charge in [-0.3, -0.25) is 4.90 Å². The van der Waals surface area contributed by atoms with Crippen LogP contribution >= 0.6 is 27.5 Å². The van der Waals surface area contributed by atoms with Crippen LogP contribution in [0.15, 0.2) is 102 Å². The molecule has 1 unspecified atom stereocenters. The third kappa shape index (κ3) is 7.36. The van der Waals surface area contributed by atoms with Crippen molar-refractivity contribution in [1.82, 2.24) is 19.5 Å². The zero-order chi connectivity index (χ0) is 39.2. The molecule has 2 aliphatic rings. The number of aliphatic hydroxyl groups excluding tert-OH is 1. The van der Waals surface area contributed by atoms with Gasteiger partial charge in [-0.15, -0.1) is 0 Å². The molecule has 0 bridgehead atoms. The molecule has 56 heavy (non-hydrogen) atoms. The zero-order valence-corrected chi connectivity index (χ0v) is 33.9. The number of amides is 1. The Morgan fingerprint density at radius 3 is 2.59 bits per heavy atom. The van der Waals surface area contributed by atoms with Crippen LogP contribution in [0.25, 0.3) is 21.9 Å². The van der Waals surface area contributed by atoms with Gasteiger partial charge in [0.05, 0.1) is 47.3 Å². The van der Waals surface area contributed by atoms with Crippen molar-refractivity contribution >= 4 is 61.4 Å². The fourth-order valence-corrected chi connectivity index (χ4v) is 9.07. The highest BCUT2D eigenvalue weighted by molar-refractivity contribution is 9.10. The summed E-state index contributed by atoms with van der Waals surface area (Å²) in [5, 5.41) is 14.1. The van der Waals surface area contributed by atoms with E-state index in [1.807, 2.05) is 105 Å². The predicted octanol–water partition coefficient (Wildman–Crippen LogP) is 9.73. The number of rotatable bonds is 11. The van der Waals surface area contributed by atoms with Gasteiger partial charge < -0.3 is 28.6 Å². The second-order valence-corrected chi connectivity index (χ2v) is 16.3. The van der Waals surface area contributed by atoms with Crippen molar-refractivity contribution in [2.45, 2.75) is 83.3 Å². The number of methoxy groups -OCH3 is 1. The van der Waals surface area contributed by atoms with E-state index in [0.29, 0.717) is 45.1 Å². The first-order valence-electron chi connectivity index (χ1n) is 18.7. The summed E-state index contributed by atoms with van der Waals surface area (Å²) in [5.74, 6) is 0.307. The van der Waals surface area contributed by atoms with Crippen molar-refractivity contribution in [3.63, 3.8) is 0 Å². The van der Waals surface area contributed by atoms with E-state index in [1.165, 1.54) is 11.2 Å². The maximum absolute atomic E-state index is 13.8. The lowest BCUT2D eigenvalue weighted by molar-refractivity contribution is -0.172. The van der Waals surface area contributed by atoms with Gasteiger partial charge in [0.1, 0.15) is 35.6 Å². The lowest BCUT2D eigenvalue weighted by Crippen LogP contribution is -2.36. The highest BCUT2D eigenvalue weighted by Crippen LogP contribution is 2.58. The number of carbonyl (C=O) groups excluding carboxylic acids is 1. The van der Waals surface area contributed by atoms with Crippen LogP contribution in [0.3, 0.4) is 0 Å². The first-order valence-corrected chi connectivity index (χ1v) is 19.9. The third-order valence-electron chi connectivity index (χ3n) is 11.2. The van der Waals surface area contributed by atoms with E-state index >= 15 is 0 Å². The number of anilines is 1. The number of fused-ring (bicyclic) bond motifs is 3. The van der Waals surface area contributed by atoms with E-state index in [-0.39, 0.29) is 31.4 Å². The molecule has 1 N–H and O–H groups in total. The number of aromatic nitrogens is 4. The lowest BCUT2D eigenvalue weighted by Gasteiger charge is -2.36. The topological polar surface area (TPSA) is 121 Å². The minimum absolute atomic E-state index is 0.103. The summed E-state index contributed by atoms with van der Waals surface area (Å²) in [6.45, 7) is 6.33.